The van der Waals surface area contributed by atoms with Crippen molar-refractivity contribution in [3.05, 3.63) is 28.3 Å². The number of nitrogen functional groups attached to an aromatic ring is 1. The van der Waals surface area contributed by atoms with E-state index in [4.69, 9.17) is 5.73 Å². The lowest BCUT2D eigenvalue weighted by Crippen LogP contribution is -2.38. The monoisotopic (exact) mass is 302 g/mol. The van der Waals surface area contributed by atoms with Crippen molar-refractivity contribution in [2.75, 3.05) is 26.4 Å². The van der Waals surface area contributed by atoms with Crippen LogP contribution in [-0.2, 0) is 10.0 Å². The van der Waals surface area contributed by atoms with Crippen LogP contribution < -0.4 is 10.5 Å². The summed E-state index contributed by atoms with van der Waals surface area (Å²) in [6.45, 7) is 2.06. The van der Waals surface area contributed by atoms with Gasteiger partial charge in [-0.2, -0.15) is 0 Å². The molecule has 0 aliphatic heterocycles. The van der Waals surface area contributed by atoms with Crippen LogP contribution in [0.15, 0.2) is 23.1 Å². The fourth-order valence-corrected chi connectivity index (χ4v) is 2.49. The molecule has 0 saturated carbocycles. The van der Waals surface area contributed by atoms with Gasteiger partial charge < -0.3 is 10.6 Å². The molecule has 0 amide bonds. The molecule has 1 aromatic rings. The van der Waals surface area contributed by atoms with Crippen molar-refractivity contribution < 1.29 is 13.3 Å². The Hall–Kier alpha value is -1.71. The topological polar surface area (TPSA) is 119 Å². The van der Waals surface area contributed by atoms with Gasteiger partial charge in [0.1, 0.15) is 5.69 Å². The van der Waals surface area contributed by atoms with Gasteiger partial charge in [-0.05, 0) is 33.2 Å². The predicted octanol–water partition coefficient (Wildman–Crippen LogP) is 0.405. The first-order chi connectivity index (χ1) is 9.15. The molecule has 1 unspecified atom stereocenters. The number of rotatable bonds is 6. The second-order valence-electron chi connectivity index (χ2n) is 4.64. The van der Waals surface area contributed by atoms with Gasteiger partial charge in [-0.15, -0.1) is 0 Å². The van der Waals surface area contributed by atoms with Crippen LogP contribution in [0.4, 0.5) is 11.4 Å². The van der Waals surface area contributed by atoms with E-state index in [1.54, 1.807) is 0 Å². The van der Waals surface area contributed by atoms with Crippen molar-refractivity contribution in [3.8, 4) is 0 Å². The first-order valence-electron chi connectivity index (χ1n) is 5.85. The van der Waals surface area contributed by atoms with Crippen molar-refractivity contribution in [1.82, 2.24) is 9.62 Å². The van der Waals surface area contributed by atoms with Gasteiger partial charge in [0.05, 0.1) is 9.82 Å². The Morgan fingerprint density at radius 3 is 2.55 bits per heavy atom. The van der Waals surface area contributed by atoms with Gasteiger partial charge in [-0.1, -0.05) is 0 Å². The van der Waals surface area contributed by atoms with Crippen molar-refractivity contribution in [1.29, 1.82) is 0 Å². The number of hydrogen-bond acceptors (Lipinski definition) is 6. The molecule has 0 saturated heterocycles. The third-order valence-electron chi connectivity index (χ3n) is 2.96. The minimum atomic E-state index is -3.80. The van der Waals surface area contributed by atoms with Crippen LogP contribution in [0, 0.1) is 10.1 Å². The van der Waals surface area contributed by atoms with Crippen molar-refractivity contribution in [2.24, 2.45) is 0 Å². The van der Waals surface area contributed by atoms with E-state index < -0.39 is 20.6 Å². The minimum Gasteiger partial charge on any atom is -0.393 e. The number of hydrogen-bond donors (Lipinski definition) is 2. The second kappa shape index (κ2) is 6.16. The maximum atomic E-state index is 12.1. The quantitative estimate of drug-likeness (QED) is 0.446. The Morgan fingerprint density at radius 2 is 2.05 bits per heavy atom. The summed E-state index contributed by atoms with van der Waals surface area (Å²) < 4.78 is 26.5. The van der Waals surface area contributed by atoms with Crippen LogP contribution in [0.3, 0.4) is 0 Å². The fourth-order valence-electron chi connectivity index (χ4n) is 1.34. The summed E-state index contributed by atoms with van der Waals surface area (Å²) in [4.78, 5) is 11.7. The van der Waals surface area contributed by atoms with Crippen LogP contribution in [0.5, 0.6) is 0 Å². The van der Waals surface area contributed by atoms with E-state index >= 15 is 0 Å². The molecule has 1 atom stereocenters. The Balaban J connectivity index is 2.99. The first-order valence-corrected chi connectivity index (χ1v) is 7.33. The number of nitrogens with zero attached hydrogens (tertiary/aromatic N) is 2. The number of benzene rings is 1. The smallest absolute Gasteiger partial charge is 0.293 e. The van der Waals surface area contributed by atoms with Crippen LogP contribution in [-0.4, -0.2) is 44.9 Å². The maximum Gasteiger partial charge on any atom is 0.293 e. The van der Waals surface area contributed by atoms with E-state index in [-0.39, 0.29) is 23.2 Å². The number of nitro groups is 1. The molecule has 9 heteroatoms. The molecular weight excluding hydrogens is 284 g/mol. The zero-order valence-electron chi connectivity index (χ0n) is 11.5. The number of likely N-dealkylation sites (N-methyl/N-ethyl adjacent to an activating group) is 1. The van der Waals surface area contributed by atoms with Gasteiger partial charge in [0, 0.05) is 18.7 Å². The highest BCUT2D eigenvalue weighted by Crippen LogP contribution is 2.24. The average molecular weight is 302 g/mol. The molecule has 0 spiro atoms. The Morgan fingerprint density at radius 1 is 1.45 bits per heavy atom. The summed E-state index contributed by atoms with van der Waals surface area (Å²) in [6, 6.07) is 3.40. The molecule has 8 nitrogen and oxygen atoms in total. The van der Waals surface area contributed by atoms with E-state index in [0.29, 0.717) is 0 Å². The SMILES string of the molecule is CC(CNS(=O)(=O)c1ccc(N)c([N+](=O)[O-])c1)N(C)C. The third kappa shape index (κ3) is 3.89. The number of nitrogens with two attached hydrogens (primary N) is 1. The lowest BCUT2D eigenvalue weighted by molar-refractivity contribution is -0.384. The van der Waals surface area contributed by atoms with E-state index in [2.05, 4.69) is 4.72 Å². The van der Waals surface area contributed by atoms with Crippen LogP contribution >= 0.6 is 0 Å². The molecule has 0 aliphatic rings. The zero-order valence-corrected chi connectivity index (χ0v) is 12.3. The zero-order chi connectivity index (χ0) is 15.5. The lowest BCUT2D eigenvalue weighted by Gasteiger charge is -2.19. The maximum absolute atomic E-state index is 12.1. The van der Waals surface area contributed by atoms with E-state index in [9.17, 15) is 18.5 Å². The molecule has 0 bridgehead atoms. The predicted molar refractivity (Wildman–Crippen MR) is 75.8 cm³/mol. The average Bonchev–Trinajstić information content (AvgIpc) is 2.35. The third-order valence-corrected chi connectivity index (χ3v) is 4.38. The van der Waals surface area contributed by atoms with Gasteiger partial charge in [0.15, 0.2) is 0 Å². The van der Waals surface area contributed by atoms with E-state index in [1.165, 1.54) is 12.1 Å². The molecule has 0 heterocycles. The Kier molecular flexibility index (Phi) is 5.03. The van der Waals surface area contributed by atoms with Gasteiger partial charge in [-0.25, -0.2) is 13.1 Å². The highest BCUT2D eigenvalue weighted by atomic mass is 32.2. The molecule has 1 rings (SSSR count). The van der Waals surface area contributed by atoms with Crippen molar-refractivity contribution >= 4 is 21.4 Å². The van der Waals surface area contributed by atoms with Gasteiger partial charge in [-0.3, -0.25) is 10.1 Å². The number of nitro benzene ring substituents is 1. The largest absolute Gasteiger partial charge is 0.393 e. The van der Waals surface area contributed by atoms with Gasteiger partial charge in [0.25, 0.3) is 5.69 Å². The minimum absolute atomic E-state index is 0.00598. The molecular formula is C11H18N4O4S. The van der Waals surface area contributed by atoms with Crippen LogP contribution in [0.1, 0.15) is 6.92 Å². The molecule has 3 N–H and O–H groups in total. The molecule has 0 aromatic heterocycles. The number of anilines is 1. The molecule has 112 valence electrons. The van der Waals surface area contributed by atoms with Crippen molar-refractivity contribution in [2.45, 2.75) is 17.9 Å². The van der Waals surface area contributed by atoms with E-state index in [1.807, 2.05) is 25.9 Å². The van der Waals surface area contributed by atoms with Crippen LogP contribution in [0.2, 0.25) is 0 Å². The lowest BCUT2D eigenvalue weighted by atomic mass is 10.3. The summed E-state index contributed by atoms with van der Waals surface area (Å²) >= 11 is 0. The van der Waals surface area contributed by atoms with E-state index in [0.717, 1.165) is 6.07 Å². The summed E-state index contributed by atoms with van der Waals surface area (Å²) in [5.74, 6) is 0. The highest BCUT2D eigenvalue weighted by molar-refractivity contribution is 7.89. The molecule has 0 aliphatic carbocycles. The normalized spacial score (nSPS) is 13.4. The van der Waals surface area contributed by atoms with Gasteiger partial charge >= 0.3 is 0 Å². The first kappa shape index (κ1) is 16.3. The summed E-state index contributed by atoms with van der Waals surface area (Å²) in [7, 11) is -0.145. The molecule has 0 radical (unpaired) electrons. The summed E-state index contributed by atoms with van der Waals surface area (Å²) in [6.07, 6.45) is 0. The van der Waals surface area contributed by atoms with Crippen LogP contribution in [0.25, 0.3) is 0 Å². The Labute approximate surface area is 117 Å². The van der Waals surface area contributed by atoms with Gasteiger partial charge in [0.2, 0.25) is 10.0 Å². The van der Waals surface area contributed by atoms with Crippen molar-refractivity contribution in [3.63, 3.8) is 0 Å². The number of nitrogens with one attached hydrogen (secondary N) is 1. The Bertz CT molecular complexity index is 600. The standard InChI is InChI=1S/C11H18N4O4S/c1-8(14(2)3)7-13-20(18,19)9-4-5-10(12)11(6-9)15(16)17/h4-6,8,13H,7,12H2,1-3H3. The molecule has 0 fully saturated rings. The second-order valence-corrected chi connectivity index (χ2v) is 6.41. The highest BCUT2D eigenvalue weighted by Gasteiger charge is 2.20. The molecule has 20 heavy (non-hydrogen) atoms. The fraction of sp³-hybridized carbons (Fsp3) is 0.455. The summed E-state index contributed by atoms with van der Waals surface area (Å²) in [5, 5.41) is 10.8. The molecule has 1 aromatic carbocycles. The number of sulfonamides is 1. The summed E-state index contributed by atoms with van der Waals surface area (Å²) in [5.41, 5.74) is 4.94.